The van der Waals surface area contributed by atoms with Crippen LogP contribution in [0.15, 0.2) is 30.3 Å². The average Bonchev–Trinajstić information content (AvgIpc) is 2.53. The third-order valence-electron chi connectivity index (χ3n) is 3.60. The van der Waals surface area contributed by atoms with Gasteiger partial charge in [-0.2, -0.15) is 0 Å². The smallest absolute Gasteiger partial charge is 0.0893 e. The number of aromatic nitrogens is 2. The molecule has 2 aromatic heterocycles. The minimum atomic E-state index is 0.640. The van der Waals surface area contributed by atoms with E-state index in [2.05, 4.69) is 38.0 Å². The van der Waals surface area contributed by atoms with Crippen LogP contribution in [0, 0.1) is 13.8 Å². The Labute approximate surface area is 147 Å². The highest BCUT2D eigenvalue weighted by Crippen LogP contribution is 2.18. The van der Waals surface area contributed by atoms with Gasteiger partial charge < -0.3 is 4.74 Å². The first-order valence-corrected chi connectivity index (χ1v) is 9.36. The molecule has 0 aliphatic carbocycles. The predicted octanol–water partition coefficient (Wildman–Crippen LogP) is 5.23. The quantitative estimate of drug-likeness (QED) is 0.443. The van der Waals surface area contributed by atoms with Crippen LogP contribution in [0.4, 0.5) is 0 Å². The molecular formula is C19H25BrN2O. The molecule has 124 valence electrons. The van der Waals surface area contributed by atoms with Crippen molar-refractivity contribution >= 4 is 15.9 Å². The van der Waals surface area contributed by atoms with Crippen LogP contribution >= 0.6 is 15.9 Å². The maximum Gasteiger partial charge on any atom is 0.0893 e. The summed E-state index contributed by atoms with van der Waals surface area (Å²) in [6.45, 7) is 5.48. The van der Waals surface area contributed by atoms with Gasteiger partial charge in [-0.1, -0.05) is 34.8 Å². The largest absolute Gasteiger partial charge is 0.377 e. The fourth-order valence-electron chi connectivity index (χ4n) is 2.48. The Morgan fingerprint density at radius 3 is 2.48 bits per heavy atom. The molecule has 0 aromatic carbocycles. The SMILES string of the molecule is Cc1cccc(-c2cc(COCCCCCCBr)cc(C)n2)n1. The van der Waals surface area contributed by atoms with Gasteiger partial charge in [0.2, 0.25) is 0 Å². The van der Waals surface area contributed by atoms with E-state index in [-0.39, 0.29) is 0 Å². The summed E-state index contributed by atoms with van der Waals surface area (Å²) >= 11 is 3.46. The zero-order chi connectivity index (χ0) is 16.5. The van der Waals surface area contributed by atoms with Crippen LogP contribution in [-0.4, -0.2) is 21.9 Å². The van der Waals surface area contributed by atoms with E-state index in [1.165, 1.54) is 19.3 Å². The third-order valence-corrected chi connectivity index (χ3v) is 4.17. The van der Waals surface area contributed by atoms with Crippen molar-refractivity contribution in [2.24, 2.45) is 0 Å². The lowest BCUT2D eigenvalue weighted by Crippen LogP contribution is -1.99. The molecule has 0 spiro atoms. The van der Waals surface area contributed by atoms with Gasteiger partial charge in [-0.3, -0.25) is 9.97 Å². The zero-order valence-corrected chi connectivity index (χ0v) is 15.6. The standard InChI is InChI=1S/C19H25BrN2O/c1-15-8-7-9-18(21-15)19-13-17(12-16(2)22-19)14-23-11-6-4-3-5-10-20/h7-9,12-13H,3-6,10-11,14H2,1-2H3. The number of alkyl halides is 1. The van der Waals surface area contributed by atoms with E-state index in [0.717, 1.165) is 46.7 Å². The molecule has 0 bridgehead atoms. The van der Waals surface area contributed by atoms with E-state index < -0.39 is 0 Å². The maximum absolute atomic E-state index is 5.81. The van der Waals surface area contributed by atoms with Crippen molar-refractivity contribution in [1.29, 1.82) is 0 Å². The van der Waals surface area contributed by atoms with Crippen LogP contribution < -0.4 is 0 Å². The molecule has 0 N–H and O–H groups in total. The number of ether oxygens (including phenoxy) is 1. The van der Waals surface area contributed by atoms with Gasteiger partial charge in [-0.05, 0) is 56.5 Å². The first-order chi connectivity index (χ1) is 11.2. The minimum Gasteiger partial charge on any atom is -0.377 e. The Kier molecular flexibility index (Phi) is 7.69. The Morgan fingerprint density at radius 2 is 1.70 bits per heavy atom. The lowest BCUT2D eigenvalue weighted by molar-refractivity contribution is 0.117. The van der Waals surface area contributed by atoms with Crippen molar-refractivity contribution in [2.75, 3.05) is 11.9 Å². The summed E-state index contributed by atoms with van der Waals surface area (Å²) in [6.07, 6.45) is 4.88. The molecule has 0 atom stereocenters. The second-order valence-electron chi connectivity index (χ2n) is 5.82. The number of unbranched alkanes of at least 4 members (excludes halogenated alkanes) is 3. The second-order valence-corrected chi connectivity index (χ2v) is 6.62. The Balaban J connectivity index is 1.90. The third kappa shape index (κ3) is 6.40. The molecule has 23 heavy (non-hydrogen) atoms. The van der Waals surface area contributed by atoms with Gasteiger partial charge in [0, 0.05) is 23.3 Å². The number of nitrogens with zero attached hydrogens (tertiary/aromatic N) is 2. The molecule has 0 aliphatic heterocycles. The molecule has 0 unspecified atom stereocenters. The lowest BCUT2D eigenvalue weighted by atomic mass is 10.1. The van der Waals surface area contributed by atoms with E-state index in [1.807, 2.05) is 32.0 Å². The zero-order valence-electron chi connectivity index (χ0n) is 14.0. The monoisotopic (exact) mass is 376 g/mol. The highest BCUT2D eigenvalue weighted by molar-refractivity contribution is 9.09. The number of hydrogen-bond acceptors (Lipinski definition) is 3. The summed E-state index contributed by atoms with van der Waals surface area (Å²) in [5.74, 6) is 0. The van der Waals surface area contributed by atoms with Crippen LogP contribution in [0.3, 0.4) is 0 Å². The van der Waals surface area contributed by atoms with Crippen molar-refractivity contribution in [2.45, 2.75) is 46.1 Å². The molecular weight excluding hydrogens is 352 g/mol. The fourth-order valence-corrected chi connectivity index (χ4v) is 2.88. The average molecular weight is 377 g/mol. The number of aryl methyl sites for hydroxylation is 2. The Hall–Kier alpha value is -1.26. The normalized spacial score (nSPS) is 10.9. The molecule has 2 rings (SSSR count). The van der Waals surface area contributed by atoms with Crippen LogP contribution in [0.2, 0.25) is 0 Å². The molecule has 2 heterocycles. The minimum absolute atomic E-state index is 0.640. The van der Waals surface area contributed by atoms with Crippen LogP contribution in [0.1, 0.15) is 42.6 Å². The maximum atomic E-state index is 5.81. The van der Waals surface area contributed by atoms with E-state index in [4.69, 9.17) is 4.74 Å². The first-order valence-electron chi connectivity index (χ1n) is 8.24. The fraction of sp³-hybridized carbons (Fsp3) is 0.474. The summed E-state index contributed by atoms with van der Waals surface area (Å²) in [5.41, 5.74) is 5.01. The molecule has 4 heteroatoms. The summed E-state index contributed by atoms with van der Waals surface area (Å²) in [4.78, 5) is 9.16. The molecule has 2 aromatic rings. The van der Waals surface area contributed by atoms with Gasteiger partial charge in [0.15, 0.2) is 0 Å². The molecule has 0 fully saturated rings. The lowest BCUT2D eigenvalue weighted by Gasteiger charge is -2.08. The van der Waals surface area contributed by atoms with Crippen molar-refractivity contribution in [1.82, 2.24) is 9.97 Å². The van der Waals surface area contributed by atoms with Gasteiger partial charge in [0.25, 0.3) is 0 Å². The van der Waals surface area contributed by atoms with Crippen LogP contribution in [0.25, 0.3) is 11.4 Å². The van der Waals surface area contributed by atoms with Crippen molar-refractivity contribution in [3.8, 4) is 11.4 Å². The summed E-state index contributed by atoms with van der Waals surface area (Å²) in [7, 11) is 0. The van der Waals surface area contributed by atoms with E-state index >= 15 is 0 Å². The van der Waals surface area contributed by atoms with E-state index in [9.17, 15) is 0 Å². The number of hydrogen-bond donors (Lipinski definition) is 0. The van der Waals surface area contributed by atoms with Gasteiger partial charge in [0.05, 0.1) is 18.0 Å². The van der Waals surface area contributed by atoms with E-state index in [0.29, 0.717) is 6.61 Å². The number of halogens is 1. The highest BCUT2D eigenvalue weighted by Gasteiger charge is 2.05. The summed E-state index contributed by atoms with van der Waals surface area (Å²) < 4.78 is 5.81. The second kappa shape index (κ2) is 9.78. The first kappa shape index (κ1) is 18.1. The predicted molar refractivity (Wildman–Crippen MR) is 98.9 cm³/mol. The highest BCUT2D eigenvalue weighted by atomic mass is 79.9. The molecule has 0 amide bonds. The molecule has 3 nitrogen and oxygen atoms in total. The van der Waals surface area contributed by atoms with Crippen molar-refractivity contribution in [3.05, 3.63) is 47.3 Å². The molecule has 0 saturated carbocycles. The molecule has 0 aliphatic rings. The number of pyridine rings is 2. The van der Waals surface area contributed by atoms with Crippen LogP contribution in [0.5, 0.6) is 0 Å². The van der Waals surface area contributed by atoms with Gasteiger partial charge >= 0.3 is 0 Å². The summed E-state index contributed by atoms with van der Waals surface area (Å²) in [6, 6.07) is 10.2. The number of rotatable bonds is 9. The van der Waals surface area contributed by atoms with Gasteiger partial charge in [-0.15, -0.1) is 0 Å². The van der Waals surface area contributed by atoms with Crippen molar-refractivity contribution < 1.29 is 4.74 Å². The Bertz CT molecular complexity index is 616. The van der Waals surface area contributed by atoms with Crippen molar-refractivity contribution in [3.63, 3.8) is 0 Å². The van der Waals surface area contributed by atoms with Gasteiger partial charge in [0.1, 0.15) is 0 Å². The van der Waals surface area contributed by atoms with Crippen LogP contribution in [-0.2, 0) is 11.3 Å². The topological polar surface area (TPSA) is 35.0 Å². The summed E-state index contributed by atoms with van der Waals surface area (Å²) in [5, 5.41) is 1.10. The molecule has 0 radical (unpaired) electrons. The molecule has 0 saturated heterocycles. The van der Waals surface area contributed by atoms with E-state index in [1.54, 1.807) is 0 Å². The Morgan fingerprint density at radius 1 is 0.913 bits per heavy atom. The van der Waals surface area contributed by atoms with Gasteiger partial charge in [-0.25, -0.2) is 0 Å².